The van der Waals surface area contributed by atoms with Crippen LogP contribution in [0, 0.1) is 5.82 Å². The van der Waals surface area contributed by atoms with Gasteiger partial charge in [-0.15, -0.1) is 0 Å². The van der Waals surface area contributed by atoms with E-state index in [-0.39, 0.29) is 12.1 Å². The van der Waals surface area contributed by atoms with Gasteiger partial charge < -0.3 is 15.2 Å². The number of benzene rings is 1. The minimum absolute atomic E-state index is 0.0324. The van der Waals surface area contributed by atoms with E-state index in [9.17, 15) is 14.3 Å². The molecule has 2 N–H and O–H groups in total. The van der Waals surface area contributed by atoms with Crippen molar-refractivity contribution in [3.05, 3.63) is 34.1 Å². The van der Waals surface area contributed by atoms with Crippen molar-refractivity contribution >= 4 is 21.8 Å². The highest BCUT2D eigenvalue weighted by Gasteiger charge is 2.22. The molecule has 1 atom stereocenters. The zero-order valence-electron chi connectivity index (χ0n) is 10.9. The predicted molar refractivity (Wildman–Crippen MR) is 73.6 cm³/mol. The van der Waals surface area contributed by atoms with Gasteiger partial charge in [0.2, 0.25) is 0 Å². The van der Waals surface area contributed by atoms with Gasteiger partial charge in [0.1, 0.15) is 5.82 Å². The average molecular weight is 334 g/mol. The van der Waals surface area contributed by atoms with Crippen molar-refractivity contribution < 1.29 is 19.0 Å². The lowest BCUT2D eigenvalue weighted by molar-refractivity contribution is 0.0243. The maximum Gasteiger partial charge on any atom is 0.254 e. The molecular formula is C13H17BrFNO3. The Bertz CT molecular complexity index is 452. The summed E-state index contributed by atoms with van der Waals surface area (Å²) in [5, 5.41) is 12.5. The molecule has 1 aromatic rings. The topological polar surface area (TPSA) is 58.6 Å². The van der Waals surface area contributed by atoms with Gasteiger partial charge in [0, 0.05) is 31.2 Å². The Morgan fingerprint density at radius 2 is 2.26 bits per heavy atom. The van der Waals surface area contributed by atoms with Gasteiger partial charge in [-0.2, -0.15) is 0 Å². The van der Waals surface area contributed by atoms with E-state index in [4.69, 9.17) is 4.74 Å². The SMILES string of the molecule is COCCC(C)(O)CNC(=O)c1ccc(Br)cc1F. The zero-order chi connectivity index (χ0) is 14.5. The van der Waals surface area contributed by atoms with Crippen LogP contribution >= 0.6 is 15.9 Å². The first-order valence-electron chi connectivity index (χ1n) is 5.80. The summed E-state index contributed by atoms with van der Waals surface area (Å²) >= 11 is 3.12. The Hall–Kier alpha value is -0.980. The van der Waals surface area contributed by atoms with Crippen LogP contribution in [0.3, 0.4) is 0 Å². The number of hydrogen-bond acceptors (Lipinski definition) is 3. The lowest BCUT2D eigenvalue weighted by Gasteiger charge is -2.23. The van der Waals surface area contributed by atoms with Gasteiger partial charge in [-0.3, -0.25) is 4.79 Å². The van der Waals surface area contributed by atoms with E-state index in [0.29, 0.717) is 17.5 Å². The summed E-state index contributed by atoms with van der Waals surface area (Å²) in [5.41, 5.74) is -1.14. The molecule has 19 heavy (non-hydrogen) atoms. The van der Waals surface area contributed by atoms with Gasteiger partial charge >= 0.3 is 0 Å². The molecule has 0 fully saturated rings. The Labute approximate surface area is 120 Å². The first-order chi connectivity index (χ1) is 8.85. The molecule has 0 aliphatic heterocycles. The fourth-order valence-electron chi connectivity index (χ4n) is 1.45. The fraction of sp³-hybridized carbons (Fsp3) is 0.462. The van der Waals surface area contributed by atoms with Gasteiger partial charge in [-0.1, -0.05) is 15.9 Å². The van der Waals surface area contributed by atoms with Crippen molar-refractivity contribution in [1.29, 1.82) is 0 Å². The van der Waals surface area contributed by atoms with E-state index in [2.05, 4.69) is 21.2 Å². The quantitative estimate of drug-likeness (QED) is 0.838. The molecule has 4 nitrogen and oxygen atoms in total. The molecule has 0 radical (unpaired) electrons. The highest BCUT2D eigenvalue weighted by Crippen LogP contribution is 2.15. The zero-order valence-corrected chi connectivity index (χ0v) is 12.5. The number of carbonyl (C=O) groups is 1. The van der Waals surface area contributed by atoms with Crippen LogP contribution in [0.15, 0.2) is 22.7 Å². The summed E-state index contributed by atoms with van der Waals surface area (Å²) < 4.78 is 19.0. The minimum atomic E-state index is -1.09. The molecule has 1 rings (SSSR count). The first kappa shape index (κ1) is 16.1. The van der Waals surface area contributed by atoms with Crippen molar-refractivity contribution in [2.24, 2.45) is 0 Å². The standard InChI is InChI=1S/C13H17BrFNO3/c1-13(18,5-6-19-2)8-16-12(17)10-4-3-9(14)7-11(10)15/h3-4,7,18H,5-6,8H2,1-2H3,(H,16,17). The molecule has 0 aliphatic rings. The van der Waals surface area contributed by atoms with Crippen molar-refractivity contribution in [3.63, 3.8) is 0 Å². The summed E-state index contributed by atoms with van der Waals surface area (Å²) in [4.78, 5) is 11.8. The molecule has 6 heteroatoms. The van der Waals surface area contributed by atoms with E-state index >= 15 is 0 Å². The van der Waals surface area contributed by atoms with Crippen molar-refractivity contribution in [2.75, 3.05) is 20.3 Å². The molecule has 0 spiro atoms. The molecular weight excluding hydrogens is 317 g/mol. The summed E-state index contributed by atoms with van der Waals surface area (Å²) in [6, 6.07) is 4.19. The molecule has 0 heterocycles. The van der Waals surface area contributed by atoms with Gasteiger partial charge in [-0.05, 0) is 25.1 Å². The normalized spacial score (nSPS) is 13.9. The maximum absolute atomic E-state index is 13.6. The Morgan fingerprint density at radius 1 is 1.58 bits per heavy atom. The number of hydrogen-bond donors (Lipinski definition) is 2. The monoisotopic (exact) mass is 333 g/mol. The van der Waals surface area contributed by atoms with Crippen molar-refractivity contribution in [1.82, 2.24) is 5.32 Å². The van der Waals surface area contributed by atoms with Crippen molar-refractivity contribution in [2.45, 2.75) is 18.9 Å². The van der Waals surface area contributed by atoms with Crippen LogP contribution in [0.2, 0.25) is 0 Å². The third-order valence-electron chi connectivity index (χ3n) is 2.65. The number of amides is 1. The number of ether oxygens (including phenoxy) is 1. The number of methoxy groups -OCH3 is 1. The largest absolute Gasteiger partial charge is 0.388 e. The van der Waals surface area contributed by atoms with Crippen LogP contribution in [-0.4, -0.2) is 36.9 Å². The number of halogens is 2. The van der Waals surface area contributed by atoms with Gasteiger partial charge in [-0.25, -0.2) is 4.39 Å². The Kier molecular flexibility index (Phi) is 5.90. The maximum atomic E-state index is 13.6. The first-order valence-corrected chi connectivity index (χ1v) is 6.59. The lowest BCUT2D eigenvalue weighted by Crippen LogP contribution is -2.41. The molecule has 0 aromatic heterocycles. The highest BCUT2D eigenvalue weighted by molar-refractivity contribution is 9.10. The summed E-state index contributed by atoms with van der Waals surface area (Å²) in [6.07, 6.45) is 0.382. The van der Waals surface area contributed by atoms with Crippen LogP contribution in [0.4, 0.5) is 4.39 Å². The van der Waals surface area contributed by atoms with Gasteiger partial charge in [0.25, 0.3) is 5.91 Å². The molecule has 1 aromatic carbocycles. The third kappa shape index (κ3) is 5.26. The molecule has 0 saturated carbocycles. The summed E-state index contributed by atoms with van der Waals surface area (Å²) in [6.45, 7) is 2.00. The second-order valence-electron chi connectivity index (χ2n) is 4.55. The number of carbonyl (C=O) groups excluding carboxylic acids is 1. The van der Waals surface area contributed by atoms with Crippen LogP contribution in [0.1, 0.15) is 23.7 Å². The van der Waals surface area contributed by atoms with Crippen LogP contribution in [-0.2, 0) is 4.74 Å². The Balaban J connectivity index is 2.60. The number of aliphatic hydroxyl groups is 1. The molecule has 0 aliphatic carbocycles. The van der Waals surface area contributed by atoms with Crippen molar-refractivity contribution in [3.8, 4) is 0 Å². The van der Waals surface area contributed by atoms with Crippen LogP contribution in [0.5, 0.6) is 0 Å². The predicted octanol–water partition coefficient (Wildman–Crippen LogP) is 2.11. The van der Waals surface area contributed by atoms with E-state index in [1.807, 2.05) is 0 Å². The smallest absolute Gasteiger partial charge is 0.254 e. The number of nitrogens with one attached hydrogen (secondary N) is 1. The van der Waals surface area contributed by atoms with Crippen LogP contribution < -0.4 is 5.32 Å². The van der Waals surface area contributed by atoms with Gasteiger partial charge in [0.15, 0.2) is 0 Å². The average Bonchev–Trinajstić information content (AvgIpc) is 2.34. The van der Waals surface area contributed by atoms with E-state index in [0.717, 1.165) is 0 Å². The second-order valence-corrected chi connectivity index (χ2v) is 5.46. The fourth-order valence-corrected chi connectivity index (χ4v) is 1.78. The summed E-state index contributed by atoms with van der Waals surface area (Å²) in [7, 11) is 1.53. The molecule has 106 valence electrons. The van der Waals surface area contributed by atoms with Gasteiger partial charge in [0.05, 0.1) is 11.2 Å². The molecule has 0 saturated heterocycles. The molecule has 0 bridgehead atoms. The molecule has 1 amide bonds. The highest BCUT2D eigenvalue weighted by atomic mass is 79.9. The van der Waals surface area contributed by atoms with E-state index in [1.165, 1.54) is 19.2 Å². The summed E-state index contributed by atoms with van der Waals surface area (Å²) in [5.74, 6) is -1.16. The molecule has 1 unspecified atom stereocenters. The van der Waals surface area contributed by atoms with E-state index < -0.39 is 17.3 Å². The lowest BCUT2D eigenvalue weighted by atomic mass is 10.0. The third-order valence-corrected chi connectivity index (χ3v) is 3.14. The van der Waals surface area contributed by atoms with Crippen LogP contribution in [0.25, 0.3) is 0 Å². The Morgan fingerprint density at radius 3 is 2.84 bits per heavy atom. The van der Waals surface area contributed by atoms with E-state index in [1.54, 1.807) is 13.0 Å². The number of rotatable bonds is 6. The minimum Gasteiger partial charge on any atom is -0.388 e. The second kappa shape index (κ2) is 6.98.